The summed E-state index contributed by atoms with van der Waals surface area (Å²) < 4.78 is 0. The summed E-state index contributed by atoms with van der Waals surface area (Å²) in [7, 11) is 2.15. The van der Waals surface area contributed by atoms with Crippen LogP contribution < -0.4 is 4.90 Å². The number of benzene rings is 2. The van der Waals surface area contributed by atoms with Gasteiger partial charge >= 0.3 is 0 Å². The molecule has 0 amide bonds. The van der Waals surface area contributed by atoms with E-state index in [9.17, 15) is 0 Å². The molecule has 1 nitrogen and oxygen atoms in total. The molecule has 0 unspecified atom stereocenters. The molecule has 0 saturated heterocycles. The van der Waals surface area contributed by atoms with E-state index >= 15 is 0 Å². The maximum Gasteiger partial charge on any atom is 0.0473 e. The predicted molar refractivity (Wildman–Crippen MR) is 84.6 cm³/mol. The molecule has 0 atom stereocenters. The topological polar surface area (TPSA) is 3.24 Å². The van der Waals surface area contributed by atoms with E-state index in [-0.39, 0.29) is 0 Å². The Morgan fingerprint density at radius 3 is 1.53 bits per heavy atom. The SMILES string of the molecule is Cc1c(C)c(C)c(N(C)c2ccccc2)c(C)c1C. The molecule has 0 aliphatic rings. The van der Waals surface area contributed by atoms with Gasteiger partial charge in [0.25, 0.3) is 0 Å². The lowest BCUT2D eigenvalue weighted by atomic mass is 9.92. The van der Waals surface area contributed by atoms with Gasteiger partial charge in [-0.3, -0.25) is 0 Å². The minimum atomic E-state index is 1.23. The predicted octanol–water partition coefficient (Wildman–Crippen LogP) is 5.00. The quantitative estimate of drug-likeness (QED) is 0.728. The summed E-state index contributed by atoms with van der Waals surface area (Å²) >= 11 is 0. The molecule has 2 aromatic rings. The summed E-state index contributed by atoms with van der Waals surface area (Å²) in [5.74, 6) is 0. The summed E-state index contributed by atoms with van der Waals surface area (Å²) in [5.41, 5.74) is 9.56. The van der Waals surface area contributed by atoms with Crippen molar-refractivity contribution in [1.29, 1.82) is 0 Å². The van der Waals surface area contributed by atoms with Gasteiger partial charge in [0.15, 0.2) is 0 Å². The lowest BCUT2D eigenvalue weighted by Gasteiger charge is -2.27. The van der Waals surface area contributed by atoms with Gasteiger partial charge in [0.2, 0.25) is 0 Å². The summed E-state index contributed by atoms with van der Waals surface area (Å²) in [6, 6.07) is 10.5. The zero-order valence-electron chi connectivity index (χ0n) is 12.8. The number of nitrogens with zero attached hydrogens (tertiary/aromatic N) is 1. The van der Waals surface area contributed by atoms with Gasteiger partial charge in [-0.1, -0.05) is 18.2 Å². The van der Waals surface area contributed by atoms with Crippen LogP contribution in [0, 0.1) is 34.6 Å². The molecule has 1 heteroatoms. The Bertz CT molecular complexity index is 568. The molecule has 0 heterocycles. The van der Waals surface area contributed by atoms with Gasteiger partial charge < -0.3 is 4.90 Å². The van der Waals surface area contributed by atoms with Gasteiger partial charge in [-0.2, -0.15) is 0 Å². The van der Waals surface area contributed by atoms with Crippen molar-refractivity contribution < 1.29 is 0 Å². The van der Waals surface area contributed by atoms with Crippen LogP contribution in [-0.2, 0) is 0 Å². The first-order valence-corrected chi connectivity index (χ1v) is 6.81. The van der Waals surface area contributed by atoms with E-state index in [0.717, 1.165) is 0 Å². The average Bonchev–Trinajstić information content (AvgIpc) is 2.44. The molecule has 0 saturated carbocycles. The van der Waals surface area contributed by atoms with Crippen LogP contribution in [0.2, 0.25) is 0 Å². The van der Waals surface area contributed by atoms with E-state index < -0.39 is 0 Å². The molecule has 0 bridgehead atoms. The standard InChI is InChI=1S/C18H23N/c1-12-13(2)15(4)18(16(5)14(12)3)19(6)17-10-8-7-9-11-17/h7-11H,1-6H3. The first-order chi connectivity index (χ1) is 8.95. The lowest BCUT2D eigenvalue weighted by Crippen LogP contribution is -2.14. The van der Waals surface area contributed by atoms with Crippen LogP contribution in [0.3, 0.4) is 0 Å². The van der Waals surface area contributed by atoms with Crippen molar-refractivity contribution in [3.63, 3.8) is 0 Å². The van der Waals surface area contributed by atoms with Crippen LogP contribution in [0.1, 0.15) is 27.8 Å². The van der Waals surface area contributed by atoms with Crippen LogP contribution in [0.25, 0.3) is 0 Å². The van der Waals surface area contributed by atoms with E-state index in [1.807, 2.05) is 0 Å². The van der Waals surface area contributed by atoms with E-state index in [4.69, 9.17) is 0 Å². The van der Waals surface area contributed by atoms with Crippen molar-refractivity contribution in [2.24, 2.45) is 0 Å². The fourth-order valence-electron chi connectivity index (χ4n) is 2.76. The highest BCUT2D eigenvalue weighted by Crippen LogP contribution is 2.35. The monoisotopic (exact) mass is 253 g/mol. The van der Waals surface area contributed by atoms with Crippen molar-refractivity contribution >= 4 is 11.4 Å². The minimum Gasteiger partial charge on any atom is -0.344 e. The van der Waals surface area contributed by atoms with Gasteiger partial charge in [0, 0.05) is 18.4 Å². The number of anilines is 2. The van der Waals surface area contributed by atoms with Crippen LogP contribution >= 0.6 is 0 Å². The van der Waals surface area contributed by atoms with Crippen LogP contribution in [0.5, 0.6) is 0 Å². The Balaban J connectivity index is 2.64. The third-order valence-electron chi connectivity index (χ3n) is 4.44. The zero-order valence-corrected chi connectivity index (χ0v) is 12.8. The molecule has 0 fully saturated rings. The highest BCUT2D eigenvalue weighted by molar-refractivity contribution is 5.72. The molecule has 2 aromatic carbocycles. The molecule has 0 N–H and O–H groups in total. The molecule has 2 rings (SSSR count). The third kappa shape index (κ3) is 2.25. The van der Waals surface area contributed by atoms with Crippen molar-refractivity contribution in [3.8, 4) is 0 Å². The fraction of sp³-hybridized carbons (Fsp3) is 0.333. The second kappa shape index (κ2) is 5.08. The first-order valence-electron chi connectivity index (χ1n) is 6.81. The molecular formula is C18H23N. The molecule has 0 spiro atoms. The molecule has 0 aliphatic heterocycles. The molecule has 0 radical (unpaired) electrons. The summed E-state index contributed by atoms with van der Waals surface area (Å²) in [4.78, 5) is 2.30. The van der Waals surface area contributed by atoms with E-state index in [0.29, 0.717) is 0 Å². The number of para-hydroxylation sites is 1. The number of hydrogen-bond donors (Lipinski definition) is 0. The van der Waals surface area contributed by atoms with Gasteiger partial charge in [0.1, 0.15) is 0 Å². The number of rotatable bonds is 2. The van der Waals surface area contributed by atoms with E-state index in [1.165, 1.54) is 39.2 Å². The van der Waals surface area contributed by atoms with Crippen molar-refractivity contribution in [2.75, 3.05) is 11.9 Å². The van der Waals surface area contributed by atoms with Crippen molar-refractivity contribution in [1.82, 2.24) is 0 Å². The molecular weight excluding hydrogens is 230 g/mol. The van der Waals surface area contributed by atoms with Gasteiger partial charge in [0.05, 0.1) is 0 Å². The Morgan fingerprint density at radius 2 is 1.05 bits per heavy atom. The normalized spacial score (nSPS) is 10.6. The largest absolute Gasteiger partial charge is 0.344 e. The van der Waals surface area contributed by atoms with Crippen molar-refractivity contribution in [3.05, 3.63) is 58.1 Å². The molecule has 19 heavy (non-hydrogen) atoms. The molecule has 0 aromatic heterocycles. The Morgan fingerprint density at radius 1 is 0.632 bits per heavy atom. The third-order valence-corrected chi connectivity index (χ3v) is 4.44. The summed E-state index contributed by atoms with van der Waals surface area (Å²) in [6.45, 7) is 11.1. The van der Waals surface area contributed by atoms with Crippen LogP contribution in [0.15, 0.2) is 30.3 Å². The lowest BCUT2D eigenvalue weighted by molar-refractivity contribution is 1.10. The first kappa shape index (κ1) is 13.7. The molecule has 0 aliphatic carbocycles. The molecule has 100 valence electrons. The zero-order chi connectivity index (χ0) is 14.2. The highest BCUT2D eigenvalue weighted by Gasteiger charge is 2.16. The Hall–Kier alpha value is -1.76. The second-order valence-corrected chi connectivity index (χ2v) is 5.37. The number of hydrogen-bond acceptors (Lipinski definition) is 1. The van der Waals surface area contributed by atoms with Crippen LogP contribution in [-0.4, -0.2) is 7.05 Å². The van der Waals surface area contributed by atoms with Gasteiger partial charge in [-0.15, -0.1) is 0 Å². The second-order valence-electron chi connectivity index (χ2n) is 5.37. The fourth-order valence-corrected chi connectivity index (χ4v) is 2.76. The summed E-state index contributed by atoms with van der Waals surface area (Å²) in [6.07, 6.45) is 0. The van der Waals surface area contributed by atoms with Crippen LogP contribution in [0.4, 0.5) is 11.4 Å². The smallest absolute Gasteiger partial charge is 0.0473 e. The highest BCUT2D eigenvalue weighted by atomic mass is 15.1. The maximum atomic E-state index is 2.30. The minimum absolute atomic E-state index is 1.23. The Labute approximate surface area is 116 Å². The van der Waals surface area contributed by atoms with E-state index in [1.54, 1.807) is 0 Å². The van der Waals surface area contributed by atoms with E-state index in [2.05, 4.69) is 76.9 Å². The Kier molecular flexibility index (Phi) is 3.66. The van der Waals surface area contributed by atoms with Gasteiger partial charge in [-0.25, -0.2) is 0 Å². The maximum absolute atomic E-state index is 2.30. The summed E-state index contributed by atoms with van der Waals surface area (Å²) in [5, 5.41) is 0. The average molecular weight is 253 g/mol. The van der Waals surface area contributed by atoms with Gasteiger partial charge in [-0.05, 0) is 74.6 Å². The van der Waals surface area contributed by atoms with Crippen molar-refractivity contribution in [2.45, 2.75) is 34.6 Å².